The Morgan fingerprint density at radius 1 is 1.56 bits per heavy atom. The summed E-state index contributed by atoms with van der Waals surface area (Å²) in [7, 11) is -0.659. The normalized spacial score (nSPS) is 20.5. The van der Waals surface area contributed by atoms with E-state index in [0.29, 0.717) is 12.7 Å². The molecule has 1 aromatic heterocycles. The minimum absolute atomic E-state index is 0.0367. The van der Waals surface area contributed by atoms with Crippen molar-refractivity contribution in [3.05, 3.63) is 31.8 Å². The number of hydrogen-bond acceptors (Lipinski definition) is 6. The molecule has 1 aliphatic heterocycles. The highest BCUT2D eigenvalue weighted by Gasteiger charge is 2.44. The van der Waals surface area contributed by atoms with Crippen LogP contribution in [0.2, 0.25) is 18.1 Å². The van der Waals surface area contributed by atoms with Gasteiger partial charge in [-0.25, -0.2) is 0 Å². The molecule has 7 nitrogen and oxygen atoms in total. The summed E-state index contributed by atoms with van der Waals surface area (Å²) in [6, 6.07) is -0.556. The Balaban J connectivity index is 2.54. The van der Waals surface area contributed by atoms with Gasteiger partial charge in [0.15, 0.2) is 8.32 Å². The van der Waals surface area contributed by atoms with E-state index in [4.69, 9.17) is 9.96 Å². The van der Waals surface area contributed by atoms with Crippen LogP contribution in [0.25, 0.3) is 10.4 Å². The summed E-state index contributed by atoms with van der Waals surface area (Å²) in [5.74, 6) is -0.0549. The third kappa shape index (κ3) is 4.52. The molecule has 2 heterocycles. The van der Waals surface area contributed by atoms with Gasteiger partial charge in [0.05, 0.1) is 24.9 Å². The van der Waals surface area contributed by atoms with Crippen LogP contribution in [-0.2, 0) is 20.6 Å². The fraction of sp³-hybridized carbons (Fsp3) is 0.647. The van der Waals surface area contributed by atoms with E-state index in [2.05, 4.69) is 43.9 Å². The number of Topliss-reactive ketones (excluding diaryl/α,β-unsaturated/α-hetero) is 1. The summed E-state index contributed by atoms with van der Waals surface area (Å²) in [5, 5.41) is 5.64. The number of ketones is 1. The number of thiophene rings is 1. The Bertz CT molecular complexity index is 771. The highest BCUT2D eigenvalue weighted by molar-refractivity contribution is 7.10. The minimum Gasteiger partial charge on any atom is -0.408 e. The van der Waals surface area contributed by atoms with E-state index in [9.17, 15) is 9.59 Å². The van der Waals surface area contributed by atoms with Crippen LogP contribution in [0, 0.1) is 0 Å². The molecule has 0 saturated carbocycles. The second-order valence-electron chi connectivity index (χ2n) is 8.29. The second-order valence-corrected chi connectivity index (χ2v) is 14.0. The highest BCUT2D eigenvalue weighted by atomic mass is 32.1. The van der Waals surface area contributed by atoms with Crippen LogP contribution in [0.1, 0.15) is 55.8 Å². The van der Waals surface area contributed by atoms with Gasteiger partial charge in [-0.05, 0) is 47.1 Å². The van der Waals surface area contributed by atoms with E-state index >= 15 is 0 Å². The van der Waals surface area contributed by atoms with Crippen LogP contribution >= 0.6 is 11.3 Å². The van der Waals surface area contributed by atoms with Gasteiger partial charge in [-0.2, -0.15) is 0 Å². The first-order valence-electron chi connectivity index (χ1n) is 8.87. The molecule has 2 atom stereocenters. The molecular formula is C17H26BN4O3SSi. The fourth-order valence-corrected chi connectivity index (χ4v) is 5.50. The standard InChI is InChI=1S/C17H26BN4O3SSi/c1-11(24)15-14-12(7-20-21-19)9-26-16(14)13(8-22(15)18-10-23)25-27(5,6)17(2,3)4/h9-10,13,15H,7-8H2,1-6H3. The Hall–Kier alpha value is -1.45. The third-order valence-corrected chi connectivity index (χ3v) is 11.0. The zero-order chi connectivity index (χ0) is 20.4. The summed E-state index contributed by atoms with van der Waals surface area (Å²) in [6.45, 7) is 13.0. The molecule has 1 aromatic rings. The van der Waals surface area contributed by atoms with Gasteiger partial charge < -0.3 is 14.0 Å². The van der Waals surface area contributed by atoms with Gasteiger partial charge in [-0.3, -0.25) is 4.79 Å². The van der Waals surface area contributed by atoms with Crippen molar-refractivity contribution in [1.29, 1.82) is 0 Å². The van der Waals surface area contributed by atoms with Crippen LogP contribution < -0.4 is 0 Å². The summed E-state index contributed by atoms with van der Waals surface area (Å²) in [5.41, 5.74) is 10.3. The lowest BCUT2D eigenvalue weighted by Crippen LogP contribution is -2.48. The number of azide groups is 1. The zero-order valence-electron chi connectivity index (χ0n) is 16.7. The van der Waals surface area contributed by atoms with E-state index in [-0.39, 0.29) is 23.5 Å². The van der Waals surface area contributed by atoms with Gasteiger partial charge in [-0.1, -0.05) is 25.9 Å². The van der Waals surface area contributed by atoms with E-state index in [1.54, 1.807) is 4.81 Å². The first-order valence-corrected chi connectivity index (χ1v) is 12.7. The van der Waals surface area contributed by atoms with Crippen LogP contribution in [0.4, 0.5) is 0 Å². The predicted octanol–water partition coefficient (Wildman–Crippen LogP) is 4.38. The van der Waals surface area contributed by atoms with Crippen LogP contribution in [0.15, 0.2) is 10.5 Å². The molecule has 1 aliphatic rings. The van der Waals surface area contributed by atoms with Crippen molar-refractivity contribution in [2.45, 2.75) is 64.5 Å². The number of carbonyl (C=O) groups excluding carboxylic acids is 2. The summed E-state index contributed by atoms with van der Waals surface area (Å²) in [6.07, 6.45) is 0.474. The maximum Gasteiger partial charge on any atom is 0.294 e. The van der Waals surface area contributed by atoms with Crippen LogP contribution in [0.3, 0.4) is 0 Å². The molecule has 2 unspecified atom stereocenters. The van der Waals surface area contributed by atoms with Crippen molar-refractivity contribution >= 4 is 39.0 Å². The van der Waals surface area contributed by atoms with E-state index < -0.39 is 14.4 Å². The lowest BCUT2D eigenvalue weighted by Gasteiger charge is -2.44. The van der Waals surface area contributed by atoms with Gasteiger partial charge >= 0.3 is 0 Å². The molecule has 145 valence electrons. The molecule has 0 bridgehead atoms. The van der Waals surface area contributed by atoms with E-state index in [1.807, 2.05) is 5.38 Å². The molecular weight excluding hydrogens is 379 g/mol. The Morgan fingerprint density at radius 3 is 2.74 bits per heavy atom. The summed E-state index contributed by atoms with van der Waals surface area (Å²) >= 11 is 1.54. The molecule has 10 heteroatoms. The first-order chi connectivity index (χ1) is 12.5. The largest absolute Gasteiger partial charge is 0.408 e. The molecule has 0 amide bonds. The van der Waals surface area contributed by atoms with Crippen LogP contribution in [-0.4, -0.2) is 39.1 Å². The van der Waals surface area contributed by atoms with E-state index in [0.717, 1.165) is 16.0 Å². The maximum atomic E-state index is 12.4. The molecule has 2 rings (SSSR count). The van der Waals surface area contributed by atoms with Crippen molar-refractivity contribution in [2.75, 3.05) is 6.54 Å². The lowest BCUT2D eigenvalue weighted by atomic mass is 9.82. The quantitative estimate of drug-likeness (QED) is 0.221. The molecule has 0 saturated heterocycles. The second kappa shape index (κ2) is 8.28. The average molecular weight is 405 g/mol. The highest BCUT2D eigenvalue weighted by Crippen LogP contribution is 2.46. The molecule has 1 radical (unpaired) electrons. The third-order valence-electron chi connectivity index (χ3n) is 5.40. The summed E-state index contributed by atoms with van der Waals surface area (Å²) in [4.78, 5) is 29.2. The molecule has 0 N–H and O–H groups in total. The first kappa shape index (κ1) is 21.8. The molecule has 0 fully saturated rings. The van der Waals surface area contributed by atoms with Gasteiger partial charge in [0.25, 0.3) is 7.41 Å². The topological polar surface area (TPSA) is 95.4 Å². The van der Waals surface area contributed by atoms with Gasteiger partial charge in [-0.15, -0.1) is 11.3 Å². The van der Waals surface area contributed by atoms with Crippen molar-refractivity contribution in [3.8, 4) is 0 Å². The van der Waals surface area contributed by atoms with Gasteiger partial charge in [0, 0.05) is 16.3 Å². The van der Waals surface area contributed by atoms with Crippen molar-refractivity contribution in [2.24, 2.45) is 5.11 Å². The molecule has 27 heavy (non-hydrogen) atoms. The zero-order valence-corrected chi connectivity index (χ0v) is 18.5. The molecule has 0 aromatic carbocycles. The monoisotopic (exact) mass is 405 g/mol. The number of carbonyl (C=O) groups is 2. The predicted molar refractivity (Wildman–Crippen MR) is 111 cm³/mol. The smallest absolute Gasteiger partial charge is 0.294 e. The van der Waals surface area contributed by atoms with Crippen molar-refractivity contribution in [3.63, 3.8) is 0 Å². The number of nitrogens with zero attached hydrogens (tertiary/aromatic N) is 4. The Kier molecular flexibility index (Phi) is 6.70. The SMILES string of the molecule is CC(=O)C1c2c(CN=[N+]=[N-])csc2C(O[Si](C)(C)C(C)(C)C)CN1[B]C=O. The Labute approximate surface area is 166 Å². The maximum absolute atomic E-state index is 12.4. The average Bonchev–Trinajstić information content (AvgIpc) is 2.95. The molecule has 0 spiro atoms. The molecule has 0 aliphatic carbocycles. The van der Waals surface area contributed by atoms with Gasteiger partial charge in [0.1, 0.15) is 5.78 Å². The Morgan fingerprint density at radius 2 is 2.22 bits per heavy atom. The number of hydrogen-bond donors (Lipinski definition) is 0. The van der Waals surface area contributed by atoms with Crippen molar-refractivity contribution < 1.29 is 14.0 Å². The summed E-state index contributed by atoms with van der Waals surface area (Å²) < 4.78 is 6.65. The van der Waals surface area contributed by atoms with Crippen molar-refractivity contribution in [1.82, 2.24) is 4.81 Å². The lowest BCUT2D eigenvalue weighted by molar-refractivity contribution is -0.121. The fourth-order valence-electron chi connectivity index (χ4n) is 3.04. The number of fused-ring (bicyclic) bond motifs is 1. The van der Waals surface area contributed by atoms with E-state index in [1.165, 1.54) is 25.7 Å². The minimum atomic E-state index is -2.07. The van der Waals surface area contributed by atoms with Crippen LogP contribution in [0.5, 0.6) is 0 Å². The van der Waals surface area contributed by atoms with Gasteiger partial charge in [0.2, 0.25) is 0 Å². The number of rotatable bonds is 7.